The summed E-state index contributed by atoms with van der Waals surface area (Å²) in [4.78, 5) is 0. The lowest BCUT2D eigenvalue weighted by Gasteiger charge is -2.14. The molecule has 1 atom stereocenters. The average Bonchev–Trinajstić information content (AvgIpc) is 1.30. The molecule has 0 saturated carbocycles. The van der Waals surface area contributed by atoms with E-state index in [2.05, 4.69) is 21.2 Å². The van der Waals surface area contributed by atoms with E-state index in [1.807, 2.05) is 6.92 Å². The lowest BCUT2D eigenvalue weighted by molar-refractivity contribution is 0.130. The molecule has 0 heterocycles. The Bertz CT molecular complexity index is 50.1. The number of alkyl halides is 1. The van der Waals surface area contributed by atoms with Crippen molar-refractivity contribution in [1.82, 2.24) is 5.32 Å². The fourth-order valence-electron chi connectivity index (χ4n) is 0.323. The van der Waals surface area contributed by atoms with Gasteiger partial charge in [0.15, 0.2) is 4.63 Å². The Balaban J connectivity index is 3.15. The van der Waals surface area contributed by atoms with Gasteiger partial charge in [0.25, 0.3) is 0 Å². The van der Waals surface area contributed by atoms with Gasteiger partial charge in [0.1, 0.15) is 0 Å². The minimum atomic E-state index is -0.887. The zero-order valence-electron chi connectivity index (χ0n) is 4.53. The van der Waals surface area contributed by atoms with Crippen LogP contribution in [0.25, 0.3) is 0 Å². The molecule has 3 heteroatoms. The van der Waals surface area contributed by atoms with E-state index in [0.29, 0.717) is 0 Å². The Morgan fingerprint density at radius 1 is 1.86 bits per heavy atom. The Kier molecular flexibility index (Phi) is 2.80. The third kappa shape index (κ3) is 6.40. The first kappa shape index (κ1) is 7.40. The van der Waals surface area contributed by atoms with Crippen LogP contribution in [0.2, 0.25) is 0 Å². The van der Waals surface area contributed by atoms with Crippen LogP contribution < -0.4 is 5.32 Å². The van der Waals surface area contributed by atoms with Crippen LogP contribution >= 0.6 is 15.9 Å². The van der Waals surface area contributed by atoms with E-state index >= 15 is 0 Å². The molecule has 1 unspecified atom stereocenters. The standard InChI is InChI=1S/C4H10BrNO/c1-3-6-4(2,5)7/h6-7H,3H2,1-2H3. The zero-order chi connectivity index (χ0) is 5.91. The second kappa shape index (κ2) is 2.64. The monoisotopic (exact) mass is 167 g/mol. The first-order valence-corrected chi connectivity index (χ1v) is 3.02. The minimum Gasteiger partial charge on any atom is -0.366 e. The van der Waals surface area contributed by atoms with Crippen LogP contribution in [0.1, 0.15) is 13.8 Å². The van der Waals surface area contributed by atoms with Crippen molar-refractivity contribution in [1.29, 1.82) is 0 Å². The molecule has 0 aromatic rings. The molecule has 0 aliphatic carbocycles. The molecule has 0 saturated heterocycles. The van der Waals surface area contributed by atoms with E-state index in [9.17, 15) is 0 Å². The number of hydrogen-bond donors (Lipinski definition) is 2. The average molecular weight is 168 g/mol. The molecule has 0 amide bonds. The maximum absolute atomic E-state index is 8.82. The molecule has 0 bridgehead atoms. The summed E-state index contributed by atoms with van der Waals surface area (Å²) < 4.78 is -0.887. The van der Waals surface area contributed by atoms with Gasteiger partial charge in [0, 0.05) is 0 Å². The van der Waals surface area contributed by atoms with Crippen molar-refractivity contribution in [2.24, 2.45) is 0 Å². The van der Waals surface area contributed by atoms with Crippen molar-refractivity contribution in [2.45, 2.75) is 18.5 Å². The molecule has 2 N–H and O–H groups in total. The van der Waals surface area contributed by atoms with E-state index in [1.54, 1.807) is 6.92 Å². The summed E-state index contributed by atoms with van der Waals surface area (Å²) >= 11 is 2.98. The topological polar surface area (TPSA) is 32.3 Å². The van der Waals surface area contributed by atoms with Gasteiger partial charge in [-0.25, -0.2) is 0 Å². The minimum absolute atomic E-state index is 0.762. The second-order valence-electron chi connectivity index (χ2n) is 1.48. The molecule has 7 heavy (non-hydrogen) atoms. The van der Waals surface area contributed by atoms with Crippen molar-refractivity contribution in [3.05, 3.63) is 0 Å². The van der Waals surface area contributed by atoms with Gasteiger partial charge in [-0.3, -0.25) is 5.32 Å². The highest BCUT2D eigenvalue weighted by molar-refractivity contribution is 9.10. The number of nitrogens with one attached hydrogen (secondary N) is 1. The van der Waals surface area contributed by atoms with Gasteiger partial charge in [-0.15, -0.1) is 0 Å². The summed E-state index contributed by atoms with van der Waals surface area (Å²) in [5.41, 5.74) is 0. The van der Waals surface area contributed by atoms with Crippen LogP contribution in [-0.2, 0) is 0 Å². The van der Waals surface area contributed by atoms with Crippen molar-refractivity contribution in [2.75, 3.05) is 6.54 Å². The van der Waals surface area contributed by atoms with E-state index < -0.39 is 4.63 Å². The third-order valence-corrected chi connectivity index (χ3v) is 0.780. The second-order valence-corrected chi connectivity index (χ2v) is 3.03. The molecule has 0 radical (unpaired) electrons. The van der Waals surface area contributed by atoms with Gasteiger partial charge in [-0.1, -0.05) is 6.92 Å². The van der Waals surface area contributed by atoms with Gasteiger partial charge in [-0.05, 0) is 29.4 Å². The van der Waals surface area contributed by atoms with E-state index in [1.165, 1.54) is 0 Å². The normalized spacial score (nSPS) is 18.9. The van der Waals surface area contributed by atoms with Crippen LogP contribution in [0, 0.1) is 0 Å². The maximum Gasteiger partial charge on any atom is 0.169 e. The van der Waals surface area contributed by atoms with Crippen molar-refractivity contribution in [3.63, 3.8) is 0 Å². The number of hydrogen-bond acceptors (Lipinski definition) is 2. The predicted octanol–water partition coefficient (Wildman–Crippen LogP) is 0.657. The highest BCUT2D eigenvalue weighted by Crippen LogP contribution is 2.05. The van der Waals surface area contributed by atoms with E-state index in [-0.39, 0.29) is 0 Å². The van der Waals surface area contributed by atoms with Crippen molar-refractivity contribution >= 4 is 15.9 Å². The smallest absolute Gasteiger partial charge is 0.169 e. The highest BCUT2D eigenvalue weighted by Gasteiger charge is 2.09. The summed E-state index contributed by atoms with van der Waals surface area (Å²) in [7, 11) is 0. The first-order chi connectivity index (χ1) is 3.06. The van der Waals surface area contributed by atoms with Gasteiger partial charge >= 0.3 is 0 Å². The summed E-state index contributed by atoms with van der Waals surface area (Å²) in [6, 6.07) is 0. The molecular weight excluding hydrogens is 158 g/mol. The van der Waals surface area contributed by atoms with Gasteiger partial charge in [0.05, 0.1) is 0 Å². The van der Waals surface area contributed by atoms with Crippen LogP contribution in [0.15, 0.2) is 0 Å². The summed E-state index contributed by atoms with van der Waals surface area (Å²) in [5, 5.41) is 11.6. The molecule has 0 fully saturated rings. The summed E-state index contributed by atoms with van der Waals surface area (Å²) in [6.45, 7) is 4.32. The van der Waals surface area contributed by atoms with Gasteiger partial charge in [-0.2, -0.15) is 0 Å². The number of rotatable bonds is 2. The maximum atomic E-state index is 8.82. The Labute approximate surface area is 52.0 Å². The van der Waals surface area contributed by atoms with Crippen molar-refractivity contribution < 1.29 is 5.11 Å². The quantitative estimate of drug-likeness (QED) is 0.360. The van der Waals surface area contributed by atoms with Gasteiger partial charge in [0.2, 0.25) is 0 Å². The Morgan fingerprint density at radius 3 is 2.29 bits per heavy atom. The molecule has 0 aromatic carbocycles. The summed E-state index contributed by atoms with van der Waals surface area (Å²) in [6.07, 6.45) is 0. The SMILES string of the molecule is CCNC(C)(O)Br. The predicted molar refractivity (Wildman–Crippen MR) is 33.2 cm³/mol. The number of halogens is 1. The largest absolute Gasteiger partial charge is 0.366 e. The van der Waals surface area contributed by atoms with E-state index in [4.69, 9.17) is 5.11 Å². The van der Waals surface area contributed by atoms with Crippen LogP contribution in [0.3, 0.4) is 0 Å². The molecule has 0 aliphatic heterocycles. The lowest BCUT2D eigenvalue weighted by atomic mass is 10.6. The molecule has 0 rings (SSSR count). The van der Waals surface area contributed by atoms with E-state index in [0.717, 1.165) is 6.54 Å². The first-order valence-electron chi connectivity index (χ1n) is 2.22. The Morgan fingerprint density at radius 2 is 2.29 bits per heavy atom. The number of aliphatic hydroxyl groups is 1. The van der Waals surface area contributed by atoms with Crippen molar-refractivity contribution in [3.8, 4) is 0 Å². The van der Waals surface area contributed by atoms with Crippen LogP contribution in [0.4, 0.5) is 0 Å². The Hall–Kier alpha value is 0.400. The molecule has 0 aliphatic rings. The fraction of sp³-hybridized carbons (Fsp3) is 1.00. The van der Waals surface area contributed by atoms with Gasteiger partial charge < -0.3 is 5.11 Å². The third-order valence-electron chi connectivity index (χ3n) is 0.499. The molecular formula is C4H10BrNO. The molecule has 44 valence electrons. The summed E-state index contributed by atoms with van der Waals surface area (Å²) in [5.74, 6) is 0. The van der Waals surface area contributed by atoms with Crippen LogP contribution in [0.5, 0.6) is 0 Å². The molecule has 0 aromatic heterocycles. The fourth-order valence-corrected chi connectivity index (χ4v) is 0.603. The highest BCUT2D eigenvalue weighted by atomic mass is 79.9. The molecule has 0 spiro atoms. The lowest BCUT2D eigenvalue weighted by Crippen LogP contribution is -2.35. The zero-order valence-corrected chi connectivity index (χ0v) is 6.12. The molecule has 2 nitrogen and oxygen atoms in total. The van der Waals surface area contributed by atoms with Crippen LogP contribution in [-0.4, -0.2) is 16.3 Å².